The molecular formula is C24H22ClN9S. The van der Waals surface area contributed by atoms with Crippen molar-refractivity contribution in [1.29, 1.82) is 0 Å². The third kappa shape index (κ3) is 3.06. The van der Waals surface area contributed by atoms with Crippen molar-refractivity contribution in [3.05, 3.63) is 64.0 Å². The highest BCUT2D eigenvalue weighted by atomic mass is 35.5. The first-order chi connectivity index (χ1) is 17.1. The van der Waals surface area contributed by atoms with Gasteiger partial charge >= 0.3 is 0 Å². The summed E-state index contributed by atoms with van der Waals surface area (Å²) in [7, 11) is 0. The van der Waals surface area contributed by atoms with Gasteiger partial charge < -0.3 is 10.6 Å². The van der Waals surface area contributed by atoms with Crippen molar-refractivity contribution in [3.8, 4) is 16.9 Å². The Morgan fingerprint density at radius 3 is 2.80 bits per heavy atom. The summed E-state index contributed by atoms with van der Waals surface area (Å²) in [6.45, 7) is 4.48. The molecule has 2 aliphatic rings. The number of aryl methyl sites for hydroxylation is 1. The molecular weight excluding hydrogens is 482 g/mol. The maximum absolute atomic E-state index is 6.63. The summed E-state index contributed by atoms with van der Waals surface area (Å²) in [6.07, 6.45) is 5.44. The van der Waals surface area contributed by atoms with Crippen LogP contribution in [0.4, 0.5) is 5.82 Å². The number of nitrogens with two attached hydrogens (primary N) is 1. The number of nitrogens with one attached hydrogen (secondary N) is 1. The number of thiazole rings is 1. The van der Waals surface area contributed by atoms with Crippen LogP contribution in [-0.2, 0) is 5.41 Å². The molecule has 9 nitrogen and oxygen atoms in total. The van der Waals surface area contributed by atoms with Crippen LogP contribution in [0, 0.1) is 18.8 Å². The van der Waals surface area contributed by atoms with E-state index in [0.29, 0.717) is 34.6 Å². The van der Waals surface area contributed by atoms with Gasteiger partial charge in [0.05, 0.1) is 22.6 Å². The number of fused-ring (bicyclic) bond motifs is 2. The van der Waals surface area contributed by atoms with Gasteiger partial charge in [0.15, 0.2) is 0 Å². The molecule has 176 valence electrons. The summed E-state index contributed by atoms with van der Waals surface area (Å²) >= 11 is 8.36. The third-order valence-electron chi connectivity index (χ3n) is 7.46. The standard InChI is InChI=1S/C24H22ClN9S/c1-13-11-35-23(29-13)24(12-26)16-9-33(10-17(16)24)19-8-27-21-20(31-32-22(21)30-19)15-4-3-14(7-18(15)25)34-6-2-5-28-34/h2-8,11,16-17H,9-10,12,26H2,1H3,(H,30,31,32)/t16-,17+,24?. The second-order valence-corrected chi connectivity index (χ2v) is 10.5. The van der Waals surface area contributed by atoms with Crippen molar-refractivity contribution < 1.29 is 0 Å². The number of piperidine rings is 1. The lowest BCUT2D eigenvalue weighted by Crippen LogP contribution is -2.35. The van der Waals surface area contributed by atoms with Crippen molar-refractivity contribution in [2.24, 2.45) is 17.6 Å². The highest BCUT2D eigenvalue weighted by molar-refractivity contribution is 7.09. The molecule has 5 aromatic rings. The van der Waals surface area contributed by atoms with Crippen molar-refractivity contribution in [3.63, 3.8) is 0 Å². The Hall–Kier alpha value is -3.34. The fraction of sp³-hybridized carbons (Fsp3) is 0.292. The SMILES string of the molecule is Cc1csc(C2(CN)[C@@H]3CN(c4cnc5c(-c6ccc(-n7cccn7)cc6Cl)[nH]nc5n4)C[C@@H]32)n1. The molecule has 0 radical (unpaired) electrons. The summed E-state index contributed by atoms with van der Waals surface area (Å²) in [5.41, 5.74) is 11.1. The number of H-pyrrole nitrogens is 1. The lowest BCUT2D eigenvalue weighted by atomic mass is 10.0. The molecule has 0 bridgehead atoms. The summed E-state index contributed by atoms with van der Waals surface area (Å²) < 4.78 is 1.77. The summed E-state index contributed by atoms with van der Waals surface area (Å²) in [5, 5.41) is 15.7. The summed E-state index contributed by atoms with van der Waals surface area (Å²) in [4.78, 5) is 16.6. The van der Waals surface area contributed by atoms with Crippen LogP contribution >= 0.6 is 22.9 Å². The summed E-state index contributed by atoms with van der Waals surface area (Å²) in [6, 6.07) is 7.66. The van der Waals surface area contributed by atoms with Crippen LogP contribution in [0.1, 0.15) is 10.7 Å². The average molecular weight is 504 g/mol. The van der Waals surface area contributed by atoms with Crippen LogP contribution in [0.5, 0.6) is 0 Å². The van der Waals surface area contributed by atoms with Crippen LogP contribution in [-0.4, -0.2) is 54.6 Å². The molecule has 4 aromatic heterocycles. The first kappa shape index (κ1) is 21.0. The van der Waals surface area contributed by atoms with E-state index in [9.17, 15) is 0 Å². The van der Waals surface area contributed by atoms with E-state index in [0.717, 1.165) is 41.5 Å². The van der Waals surface area contributed by atoms with Crippen molar-refractivity contribution >= 4 is 39.9 Å². The van der Waals surface area contributed by atoms with E-state index < -0.39 is 0 Å². The normalized spacial score (nSPS) is 23.2. The van der Waals surface area contributed by atoms with Gasteiger partial charge in [0.25, 0.3) is 0 Å². The Bertz CT molecular complexity index is 1540. The zero-order chi connectivity index (χ0) is 23.7. The molecule has 35 heavy (non-hydrogen) atoms. The van der Waals surface area contributed by atoms with E-state index in [2.05, 4.69) is 25.6 Å². The predicted molar refractivity (Wildman–Crippen MR) is 136 cm³/mol. The minimum absolute atomic E-state index is 0.0194. The van der Waals surface area contributed by atoms with Gasteiger partial charge in [-0.05, 0) is 43.0 Å². The fourth-order valence-electron chi connectivity index (χ4n) is 5.59. The monoisotopic (exact) mass is 503 g/mol. The number of benzene rings is 1. The maximum Gasteiger partial charge on any atom is 0.202 e. The second kappa shape index (κ2) is 7.58. The van der Waals surface area contributed by atoms with Crippen molar-refractivity contribution in [2.75, 3.05) is 24.5 Å². The molecule has 7 rings (SSSR count). The Labute approximate surface area is 210 Å². The van der Waals surface area contributed by atoms with Gasteiger partial charge in [0.2, 0.25) is 5.65 Å². The highest BCUT2D eigenvalue weighted by Crippen LogP contribution is 2.63. The summed E-state index contributed by atoms with van der Waals surface area (Å²) in [5.74, 6) is 1.83. The average Bonchev–Trinajstić information content (AvgIpc) is 3.53. The Kier molecular flexibility index (Phi) is 4.54. The van der Waals surface area contributed by atoms with Crippen molar-refractivity contribution in [1.82, 2.24) is 34.9 Å². The van der Waals surface area contributed by atoms with E-state index in [1.165, 1.54) is 5.01 Å². The second-order valence-electron chi connectivity index (χ2n) is 9.27. The maximum atomic E-state index is 6.63. The van der Waals surface area contributed by atoms with Gasteiger partial charge in [-0.2, -0.15) is 10.2 Å². The Morgan fingerprint density at radius 1 is 1.26 bits per heavy atom. The molecule has 1 aliphatic heterocycles. The molecule has 1 saturated carbocycles. The van der Waals surface area contributed by atoms with Crippen LogP contribution in [0.2, 0.25) is 5.02 Å². The minimum Gasteiger partial charge on any atom is -0.355 e. The molecule has 5 heterocycles. The van der Waals surface area contributed by atoms with Gasteiger partial charge in [-0.25, -0.2) is 19.6 Å². The fourth-order valence-corrected chi connectivity index (χ4v) is 7.00. The highest BCUT2D eigenvalue weighted by Gasteiger charge is 2.69. The van der Waals surface area contributed by atoms with Crippen LogP contribution in [0.3, 0.4) is 0 Å². The van der Waals surface area contributed by atoms with Crippen LogP contribution in [0.25, 0.3) is 28.1 Å². The zero-order valence-corrected chi connectivity index (χ0v) is 20.5. The van der Waals surface area contributed by atoms with E-state index in [1.807, 2.05) is 43.6 Å². The number of rotatable bonds is 5. The molecule has 1 saturated heterocycles. The lowest BCUT2D eigenvalue weighted by molar-refractivity contribution is 0.549. The largest absolute Gasteiger partial charge is 0.355 e. The zero-order valence-electron chi connectivity index (χ0n) is 18.9. The number of halogens is 1. The molecule has 1 unspecified atom stereocenters. The van der Waals surface area contributed by atoms with E-state index >= 15 is 0 Å². The number of anilines is 1. The van der Waals surface area contributed by atoms with E-state index in [4.69, 9.17) is 32.3 Å². The van der Waals surface area contributed by atoms with E-state index in [1.54, 1.807) is 22.2 Å². The van der Waals surface area contributed by atoms with Gasteiger partial charge in [0, 0.05) is 54.1 Å². The van der Waals surface area contributed by atoms with Crippen molar-refractivity contribution in [2.45, 2.75) is 12.3 Å². The molecule has 1 aromatic carbocycles. The van der Waals surface area contributed by atoms with Gasteiger partial charge in [-0.15, -0.1) is 11.3 Å². The molecule has 3 N–H and O–H groups in total. The first-order valence-electron chi connectivity index (χ1n) is 11.5. The van der Waals surface area contributed by atoms with Gasteiger partial charge in [-0.1, -0.05) is 11.6 Å². The first-order valence-corrected chi connectivity index (χ1v) is 12.7. The van der Waals surface area contributed by atoms with Gasteiger partial charge in [0.1, 0.15) is 16.3 Å². The predicted octanol–water partition coefficient (Wildman–Crippen LogP) is 3.59. The van der Waals surface area contributed by atoms with Gasteiger partial charge in [-0.3, -0.25) is 5.10 Å². The number of nitrogens with zero attached hydrogens (tertiary/aromatic N) is 7. The molecule has 0 amide bonds. The van der Waals surface area contributed by atoms with Crippen LogP contribution < -0.4 is 10.6 Å². The number of aromatic nitrogens is 7. The Morgan fingerprint density at radius 2 is 2.11 bits per heavy atom. The molecule has 3 atom stereocenters. The number of hydrogen-bond acceptors (Lipinski definition) is 8. The quantitative estimate of drug-likeness (QED) is 0.376. The Balaban J connectivity index is 1.15. The lowest BCUT2D eigenvalue weighted by Gasteiger charge is -2.25. The smallest absolute Gasteiger partial charge is 0.202 e. The minimum atomic E-state index is 0.0194. The topological polar surface area (TPSA) is 114 Å². The molecule has 0 spiro atoms. The molecule has 1 aliphatic carbocycles. The molecule has 11 heteroatoms. The number of hydrogen-bond donors (Lipinski definition) is 2. The third-order valence-corrected chi connectivity index (χ3v) is 8.92. The van der Waals surface area contributed by atoms with Crippen LogP contribution in [0.15, 0.2) is 48.2 Å². The number of aromatic amines is 1. The molecule has 2 fully saturated rings. The van der Waals surface area contributed by atoms with E-state index in [-0.39, 0.29) is 5.41 Å².